The van der Waals surface area contributed by atoms with Gasteiger partial charge in [0.25, 0.3) is 0 Å². The molecule has 8 nitrogen and oxygen atoms in total. The van der Waals surface area contributed by atoms with Gasteiger partial charge < -0.3 is 10.6 Å². The Morgan fingerprint density at radius 1 is 1.00 bits per heavy atom. The molecule has 0 fully saturated rings. The van der Waals surface area contributed by atoms with E-state index in [1.807, 2.05) is 72.1 Å². The third-order valence-electron chi connectivity index (χ3n) is 7.35. The van der Waals surface area contributed by atoms with Gasteiger partial charge in [0.15, 0.2) is 5.13 Å². The zero-order valence-corrected chi connectivity index (χ0v) is 20.4. The van der Waals surface area contributed by atoms with E-state index in [0.717, 1.165) is 22.4 Å². The first kappa shape index (κ1) is 21.8. The van der Waals surface area contributed by atoms with Crippen molar-refractivity contribution in [3.63, 3.8) is 0 Å². The number of hydrogen-bond donors (Lipinski definition) is 2. The van der Waals surface area contributed by atoms with Gasteiger partial charge in [-0.3, -0.25) is 14.2 Å². The molecule has 0 bridgehead atoms. The van der Waals surface area contributed by atoms with E-state index in [-0.39, 0.29) is 24.0 Å². The van der Waals surface area contributed by atoms with Crippen LogP contribution >= 0.6 is 11.3 Å². The smallest absolute Gasteiger partial charge is 0.325 e. The molecule has 2 aliphatic rings. The van der Waals surface area contributed by atoms with Gasteiger partial charge in [0, 0.05) is 23.0 Å². The Labute approximate surface area is 215 Å². The zero-order chi connectivity index (χ0) is 25.1. The fourth-order valence-corrected chi connectivity index (χ4v) is 6.34. The molecule has 7 rings (SSSR count). The van der Waals surface area contributed by atoms with Crippen molar-refractivity contribution in [3.8, 4) is 5.13 Å². The Morgan fingerprint density at radius 2 is 1.78 bits per heavy atom. The predicted molar refractivity (Wildman–Crippen MR) is 142 cm³/mol. The van der Waals surface area contributed by atoms with E-state index < -0.39 is 5.41 Å². The van der Waals surface area contributed by atoms with Crippen molar-refractivity contribution in [2.24, 2.45) is 0 Å². The molecule has 2 amide bonds. The van der Waals surface area contributed by atoms with Crippen molar-refractivity contribution >= 4 is 45.6 Å². The van der Waals surface area contributed by atoms with Crippen LogP contribution in [0.4, 0.5) is 11.4 Å². The van der Waals surface area contributed by atoms with Gasteiger partial charge in [0.05, 0.1) is 16.4 Å². The molecule has 1 aliphatic carbocycles. The lowest BCUT2D eigenvalue weighted by Crippen LogP contribution is -2.35. The second-order valence-electron chi connectivity index (χ2n) is 9.47. The van der Waals surface area contributed by atoms with Gasteiger partial charge in [-0.1, -0.05) is 36.4 Å². The summed E-state index contributed by atoms with van der Waals surface area (Å²) in [6.07, 6.45) is 2.86. The third kappa shape index (κ3) is 3.27. The number of rotatable bonds is 4. The average Bonchev–Trinajstić information content (AvgIpc) is 3.66. The van der Waals surface area contributed by atoms with Crippen LogP contribution in [0.1, 0.15) is 16.7 Å². The highest BCUT2D eigenvalue weighted by Crippen LogP contribution is 2.47. The number of para-hydroxylation sites is 3. The van der Waals surface area contributed by atoms with Crippen LogP contribution in [0.3, 0.4) is 0 Å². The van der Waals surface area contributed by atoms with Crippen molar-refractivity contribution in [1.29, 1.82) is 0 Å². The largest absolute Gasteiger partial charge is 0.336 e. The maximum absolute atomic E-state index is 13.3. The van der Waals surface area contributed by atoms with Crippen LogP contribution in [0.15, 0.2) is 83.1 Å². The number of fused-ring (bicyclic) bond motifs is 4. The molecule has 37 heavy (non-hydrogen) atoms. The Bertz CT molecular complexity index is 1790. The molecule has 1 aliphatic heterocycles. The van der Waals surface area contributed by atoms with E-state index in [1.165, 1.54) is 20.5 Å². The highest BCUT2D eigenvalue weighted by Gasteiger charge is 2.50. The molecule has 2 aromatic heterocycles. The van der Waals surface area contributed by atoms with Crippen molar-refractivity contribution in [1.82, 2.24) is 14.1 Å². The van der Waals surface area contributed by atoms with Crippen LogP contribution in [0, 0.1) is 0 Å². The second kappa shape index (κ2) is 8.01. The summed E-state index contributed by atoms with van der Waals surface area (Å²) in [5.41, 5.74) is 5.14. The van der Waals surface area contributed by atoms with E-state index >= 15 is 0 Å². The summed E-state index contributed by atoms with van der Waals surface area (Å²) in [4.78, 5) is 43.6. The third-order valence-corrected chi connectivity index (χ3v) is 8.10. The molecule has 5 aromatic rings. The number of imidazole rings is 1. The van der Waals surface area contributed by atoms with Crippen LogP contribution in [0.5, 0.6) is 0 Å². The SMILES string of the molecule is O=C(Cn1c(=O)n(-c2nccs2)c2ccccc21)Nc1ccc2c(c1)CC1(C2)C(=O)Nc2ccccc21. The molecule has 1 atom stereocenters. The minimum absolute atomic E-state index is 0.0199. The average molecular weight is 508 g/mol. The van der Waals surface area contributed by atoms with Crippen molar-refractivity contribution < 1.29 is 9.59 Å². The maximum Gasteiger partial charge on any atom is 0.336 e. The van der Waals surface area contributed by atoms with E-state index in [1.54, 1.807) is 6.20 Å². The number of hydrogen-bond acceptors (Lipinski definition) is 5. The number of amides is 2. The molecule has 0 saturated carbocycles. The number of aromatic nitrogens is 3. The summed E-state index contributed by atoms with van der Waals surface area (Å²) in [6, 6.07) is 21.0. The van der Waals surface area contributed by atoms with Gasteiger partial charge in [-0.15, -0.1) is 11.3 Å². The van der Waals surface area contributed by atoms with Crippen LogP contribution in [-0.2, 0) is 34.4 Å². The molecule has 0 saturated heterocycles. The molecule has 3 heterocycles. The molecule has 3 aromatic carbocycles. The van der Waals surface area contributed by atoms with Gasteiger partial charge in [-0.2, -0.15) is 0 Å². The summed E-state index contributed by atoms with van der Waals surface area (Å²) in [6.45, 7) is -0.130. The normalized spacial score (nSPS) is 17.7. The molecule has 182 valence electrons. The molecule has 1 spiro atoms. The molecule has 1 unspecified atom stereocenters. The number of nitrogens with one attached hydrogen (secondary N) is 2. The fraction of sp³-hybridized carbons (Fsp3) is 0.143. The van der Waals surface area contributed by atoms with E-state index in [2.05, 4.69) is 15.6 Å². The van der Waals surface area contributed by atoms with Gasteiger partial charge in [-0.05, 0) is 59.9 Å². The predicted octanol–water partition coefficient (Wildman–Crippen LogP) is 3.88. The quantitative estimate of drug-likeness (QED) is 0.386. The molecule has 2 N–H and O–H groups in total. The molecular weight excluding hydrogens is 486 g/mol. The van der Waals surface area contributed by atoms with E-state index in [4.69, 9.17) is 0 Å². The second-order valence-corrected chi connectivity index (χ2v) is 10.3. The minimum Gasteiger partial charge on any atom is -0.325 e. The van der Waals surface area contributed by atoms with Gasteiger partial charge in [0.2, 0.25) is 11.8 Å². The maximum atomic E-state index is 13.3. The summed E-state index contributed by atoms with van der Waals surface area (Å²) < 4.78 is 3.00. The van der Waals surface area contributed by atoms with Crippen LogP contribution in [-0.4, -0.2) is 25.9 Å². The van der Waals surface area contributed by atoms with Crippen molar-refractivity contribution in [2.45, 2.75) is 24.8 Å². The number of nitrogens with zero attached hydrogens (tertiary/aromatic N) is 3. The molecular formula is C28H21N5O3S. The summed E-state index contributed by atoms with van der Waals surface area (Å²) in [5.74, 6) is -0.285. The first-order valence-corrected chi connectivity index (χ1v) is 12.8. The monoisotopic (exact) mass is 507 g/mol. The van der Waals surface area contributed by atoms with Crippen LogP contribution in [0.25, 0.3) is 16.2 Å². The standard InChI is InChI=1S/C28H21N5O3S/c34-24(16-32-22-7-3-4-8-23(22)33(27(32)36)26-29-11-12-37-26)30-19-10-9-17-14-28(15-18(17)13-19)20-5-1-2-6-21(20)31-25(28)35/h1-13H,14-16H2,(H,30,34)(H,31,35). The number of thiazole rings is 1. The zero-order valence-electron chi connectivity index (χ0n) is 19.6. The van der Waals surface area contributed by atoms with E-state index in [0.29, 0.717) is 34.7 Å². The minimum atomic E-state index is -0.605. The van der Waals surface area contributed by atoms with Gasteiger partial charge >= 0.3 is 5.69 Å². The van der Waals surface area contributed by atoms with Crippen molar-refractivity contribution in [2.75, 3.05) is 10.6 Å². The Hall–Kier alpha value is -4.50. The van der Waals surface area contributed by atoms with Crippen LogP contribution in [0.2, 0.25) is 0 Å². The fourth-order valence-electron chi connectivity index (χ4n) is 5.69. The molecule has 9 heteroatoms. The Morgan fingerprint density at radius 3 is 2.62 bits per heavy atom. The Kier molecular flexibility index (Phi) is 4.71. The van der Waals surface area contributed by atoms with Crippen LogP contribution < -0.4 is 16.3 Å². The lowest BCUT2D eigenvalue weighted by Gasteiger charge is -2.20. The number of benzene rings is 3. The highest BCUT2D eigenvalue weighted by atomic mass is 32.1. The van der Waals surface area contributed by atoms with Gasteiger partial charge in [0.1, 0.15) is 6.54 Å². The first-order chi connectivity index (χ1) is 18.0. The lowest BCUT2D eigenvalue weighted by molar-refractivity contribution is -0.120. The number of anilines is 2. The summed E-state index contributed by atoms with van der Waals surface area (Å²) in [5, 5.41) is 8.34. The van der Waals surface area contributed by atoms with E-state index in [9.17, 15) is 14.4 Å². The topological polar surface area (TPSA) is 98.0 Å². The summed E-state index contributed by atoms with van der Waals surface area (Å²) in [7, 11) is 0. The summed E-state index contributed by atoms with van der Waals surface area (Å²) >= 11 is 1.36. The highest BCUT2D eigenvalue weighted by molar-refractivity contribution is 7.12. The van der Waals surface area contributed by atoms with Gasteiger partial charge in [-0.25, -0.2) is 14.3 Å². The molecule has 0 radical (unpaired) electrons. The lowest BCUT2D eigenvalue weighted by atomic mass is 9.79. The number of carbonyl (C=O) groups excluding carboxylic acids is 2. The Balaban J connectivity index is 1.16. The first-order valence-electron chi connectivity index (χ1n) is 12.0. The number of carbonyl (C=O) groups is 2. The van der Waals surface area contributed by atoms with Crippen molar-refractivity contribution in [3.05, 3.63) is 105 Å².